The number of likely N-dealkylation sites (N-methyl/N-ethyl adjacent to an activating group) is 1. The van der Waals surface area contributed by atoms with Crippen molar-refractivity contribution in [3.05, 3.63) is 63.9 Å². The van der Waals surface area contributed by atoms with Gasteiger partial charge in [-0.2, -0.15) is 0 Å². The van der Waals surface area contributed by atoms with Crippen molar-refractivity contribution in [2.24, 2.45) is 0 Å². The van der Waals surface area contributed by atoms with Crippen molar-refractivity contribution >= 4 is 50.7 Å². The fraction of sp³-hybridized carbons (Fsp3) is 0.391. The number of para-hydroxylation sites is 1. The first-order valence-corrected chi connectivity index (χ1v) is 13.3. The maximum atomic E-state index is 14.2. The highest BCUT2D eigenvalue weighted by Crippen LogP contribution is 2.25. The summed E-state index contributed by atoms with van der Waals surface area (Å²) in [7, 11) is -2.29. The van der Waals surface area contributed by atoms with E-state index in [1.54, 1.807) is 25.1 Å². The Bertz CT molecular complexity index is 1130. The maximum Gasteiger partial charge on any atom is 0.242 e. The number of carbonyl (C=O) groups is 2. The third-order valence-corrected chi connectivity index (χ3v) is 7.16. The summed E-state index contributed by atoms with van der Waals surface area (Å²) in [4.78, 5) is 27.1. The number of nitrogens with one attached hydrogen (secondary N) is 1. The second kappa shape index (κ2) is 12.4. The van der Waals surface area contributed by atoms with E-state index >= 15 is 0 Å². The zero-order valence-corrected chi connectivity index (χ0v) is 21.6. The molecule has 1 N–H and O–H groups in total. The summed E-state index contributed by atoms with van der Waals surface area (Å²) >= 11 is 12.1. The molecule has 0 aromatic heterocycles. The number of amides is 2. The molecule has 0 aliphatic carbocycles. The summed E-state index contributed by atoms with van der Waals surface area (Å²) in [6, 6.07) is 9.77. The number of benzene rings is 2. The Morgan fingerprint density at radius 2 is 1.79 bits per heavy atom. The van der Waals surface area contributed by atoms with E-state index < -0.39 is 21.9 Å². The molecule has 0 fully saturated rings. The van der Waals surface area contributed by atoms with Crippen LogP contribution in [0.2, 0.25) is 10.0 Å². The number of anilines is 1. The van der Waals surface area contributed by atoms with Crippen LogP contribution in [0, 0.1) is 5.82 Å². The maximum absolute atomic E-state index is 14.2. The molecule has 1 atom stereocenters. The number of hydrogen-bond donors (Lipinski definition) is 1. The second-order valence-corrected chi connectivity index (χ2v) is 10.4. The van der Waals surface area contributed by atoms with E-state index in [1.807, 2.05) is 0 Å². The standard InChI is InChI=1S/C23H28Cl2FN3O4S/c1-4-20(23(31)27-2)28(15-16-11-12-17(24)18(25)14-16)22(30)10-7-13-29(34(3,32)33)21-9-6-5-8-19(21)26/h5-6,8-9,11-12,14,20H,4,7,10,13,15H2,1-3H3,(H,27,31). The molecule has 186 valence electrons. The Morgan fingerprint density at radius 3 is 2.35 bits per heavy atom. The molecule has 0 spiro atoms. The average molecular weight is 532 g/mol. The molecule has 1 unspecified atom stereocenters. The molecule has 0 aliphatic rings. The molecule has 0 heterocycles. The fourth-order valence-electron chi connectivity index (χ4n) is 3.56. The Morgan fingerprint density at radius 1 is 1.12 bits per heavy atom. The number of nitrogens with zero attached hydrogens (tertiary/aromatic N) is 2. The molecule has 7 nitrogen and oxygen atoms in total. The predicted octanol–water partition coefficient (Wildman–Crippen LogP) is 4.23. The Hall–Kier alpha value is -2.36. The normalized spacial score (nSPS) is 12.2. The van der Waals surface area contributed by atoms with Gasteiger partial charge in [0.2, 0.25) is 21.8 Å². The number of carbonyl (C=O) groups excluding carboxylic acids is 2. The number of hydrogen-bond acceptors (Lipinski definition) is 4. The zero-order chi connectivity index (χ0) is 25.5. The summed E-state index contributed by atoms with van der Waals surface area (Å²) in [5, 5.41) is 3.27. The minimum Gasteiger partial charge on any atom is -0.357 e. The van der Waals surface area contributed by atoms with Crippen molar-refractivity contribution in [2.45, 2.75) is 38.8 Å². The lowest BCUT2D eigenvalue weighted by Gasteiger charge is -2.31. The van der Waals surface area contributed by atoms with Crippen LogP contribution in [0.3, 0.4) is 0 Å². The summed E-state index contributed by atoms with van der Waals surface area (Å²) in [5.41, 5.74) is 0.608. The average Bonchev–Trinajstić information content (AvgIpc) is 2.78. The number of halogens is 3. The minimum atomic E-state index is -3.78. The van der Waals surface area contributed by atoms with Crippen LogP contribution in [-0.2, 0) is 26.2 Å². The van der Waals surface area contributed by atoms with Gasteiger partial charge >= 0.3 is 0 Å². The van der Waals surface area contributed by atoms with Crippen molar-refractivity contribution in [3.8, 4) is 0 Å². The molecular weight excluding hydrogens is 504 g/mol. The SMILES string of the molecule is CCC(C(=O)NC)N(Cc1ccc(Cl)c(Cl)c1)C(=O)CCCN(c1ccccc1F)S(C)(=O)=O. The molecule has 0 radical (unpaired) electrons. The van der Waals surface area contributed by atoms with Gasteiger partial charge in [-0.15, -0.1) is 0 Å². The van der Waals surface area contributed by atoms with Crippen molar-refractivity contribution in [1.29, 1.82) is 0 Å². The Labute approximate surface area is 209 Å². The first-order valence-electron chi connectivity index (χ1n) is 10.7. The van der Waals surface area contributed by atoms with Crippen molar-refractivity contribution in [1.82, 2.24) is 10.2 Å². The smallest absolute Gasteiger partial charge is 0.242 e. The van der Waals surface area contributed by atoms with Crippen LogP contribution in [0.25, 0.3) is 0 Å². The lowest BCUT2D eigenvalue weighted by atomic mass is 10.1. The molecular formula is C23H28Cl2FN3O4S. The number of sulfonamides is 1. The Balaban J connectivity index is 2.22. The molecule has 0 bridgehead atoms. The van der Waals surface area contributed by atoms with Gasteiger partial charge in [0.15, 0.2) is 0 Å². The van der Waals surface area contributed by atoms with Crippen molar-refractivity contribution < 1.29 is 22.4 Å². The molecule has 0 saturated heterocycles. The largest absolute Gasteiger partial charge is 0.357 e. The van der Waals surface area contributed by atoms with E-state index in [9.17, 15) is 22.4 Å². The van der Waals surface area contributed by atoms with Crippen molar-refractivity contribution in [2.75, 3.05) is 24.2 Å². The van der Waals surface area contributed by atoms with Crippen LogP contribution in [0.4, 0.5) is 10.1 Å². The fourth-order valence-corrected chi connectivity index (χ4v) is 4.84. The number of rotatable bonds is 11. The third-order valence-electron chi connectivity index (χ3n) is 5.24. The van der Waals surface area contributed by atoms with Crippen molar-refractivity contribution in [3.63, 3.8) is 0 Å². The van der Waals surface area contributed by atoms with Gasteiger partial charge in [-0.3, -0.25) is 13.9 Å². The van der Waals surface area contributed by atoms with E-state index in [0.717, 1.165) is 10.6 Å². The van der Waals surface area contributed by atoms with Crippen LogP contribution >= 0.6 is 23.2 Å². The predicted molar refractivity (Wildman–Crippen MR) is 133 cm³/mol. The van der Waals surface area contributed by atoms with Gasteiger partial charge in [0.25, 0.3) is 0 Å². The van der Waals surface area contributed by atoms with Gasteiger partial charge in [-0.25, -0.2) is 12.8 Å². The molecule has 2 aromatic rings. The minimum absolute atomic E-state index is 0.0463. The topological polar surface area (TPSA) is 86.8 Å². The molecule has 0 aliphatic heterocycles. The highest BCUT2D eigenvalue weighted by molar-refractivity contribution is 7.92. The van der Waals surface area contributed by atoms with E-state index in [1.165, 1.54) is 36.2 Å². The zero-order valence-electron chi connectivity index (χ0n) is 19.2. The molecule has 34 heavy (non-hydrogen) atoms. The third kappa shape index (κ3) is 7.32. The highest BCUT2D eigenvalue weighted by Gasteiger charge is 2.28. The first-order chi connectivity index (χ1) is 16.0. The summed E-state index contributed by atoms with van der Waals surface area (Å²) in [6.45, 7) is 1.81. The van der Waals surface area contributed by atoms with Crippen LogP contribution in [0.5, 0.6) is 0 Å². The summed E-state index contributed by atoms with van der Waals surface area (Å²) < 4.78 is 39.7. The highest BCUT2D eigenvalue weighted by atomic mass is 35.5. The molecule has 0 saturated carbocycles. The van der Waals surface area contributed by atoms with Gasteiger partial charge < -0.3 is 10.2 Å². The van der Waals surface area contributed by atoms with Gasteiger partial charge in [0.1, 0.15) is 11.9 Å². The molecule has 2 aromatic carbocycles. The van der Waals surface area contributed by atoms with E-state index in [2.05, 4.69) is 5.32 Å². The van der Waals surface area contributed by atoms with Gasteiger partial charge in [0, 0.05) is 26.6 Å². The van der Waals surface area contributed by atoms with Gasteiger partial charge in [0.05, 0.1) is 22.0 Å². The first kappa shape index (κ1) is 27.9. The van der Waals surface area contributed by atoms with E-state index in [-0.39, 0.29) is 43.4 Å². The van der Waals surface area contributed by atoms with Gasteiger partial charge in [-0.05, 0) is 42.7 Å². The lowest BCUT2D eigenvalue weighted by Crippen LogP contribution is -2.48. The quantitative estimate of drug-likeness (QED) is 0.469. The summed E-state index contributed by atoms with van der Waals surface area (Å²) in [5.74, 6) is -1.34. The van der Waals surface area contributed by atoms with Crippen LogP contribution in [-0.4, -0.2) is 51.0 Å². The molecule has 2 rings (SSSR count). The molecule has 2 amide bonds. The van der Waals surface area contributed by atoms with Gasteiger partial charge in [-0.1, -0.05) is 48.3 Å². The molecule has 11 heteroatoms. The van der Waals surface area contributed by atoms with E-state index in [4.69, 9.17) is 23.2 Å². The van der Waals surface area contributed by atoms with Crippen LogP contribution < -0.4 is 9.62 Å². The van der Waals surface area contributed by atoms with E-state index in [0.29, 0.717) is 22.0 Å². The lowest BCUT2D eigenvalue weighted by molar-refractivity contribution is -0.141. The van der Waals surface area contributed by atoms with Crippen LogP contribution in [0.15, 0.2) is 42.5 Å². The second-order valence-electron chi connectivity index (χ2n) is 7.70. The summed E-state index contributed by atoms with van der Waals surface area (Å²) in [6.07, 6.45) is 1.44. The van der Waals surface area contributed by atoms with Crippen LogP contribution in [0.1, 0.15) is 31.7 Å². The Kier molecular flexibility index (Phi) is 10.1. The monoisotopic (exact) mass is 531 g/mol.